The summed E-state index contributed by atoms with van der Waals surface area (Å²) in [6.07, 6.45) is 8.44. The van der Waals surface area contributed by atoms with E-state index in [1.165, 1.54) is 12.0 Å². The molecule has 3 aromatic carbocycles. The highest BCUT2D eigenvalue weighted by Gasteiger charge is 2.30. The highest BCUT2D eigenvalue weighted by atomic mass is 16.2. The fraction of sp³-hybridized carbons (Fsp3) is 0.371. The van der Waals surface area contributed by atoms with Crippen LogP contribution in [0.15, 0.2) is 91.1 Å². The number of carbonyl (C=O) groups excluding carboxylic acids is 2. The number of benzene rings is 3. The van der Waals surface area contributed by atoms with Gasteiger partial charge in [-0.15, -0.1) is 0 Å². The third-order valence-corrected chi connectivity index (χ3v) is 8.47. The maximum Gasteiger partial charge on any atom is 0.254 e. The van der Waals surface area contributed by atoms with Crippen LogP contribution >= 0.6 is 0 Å². The molecule has 1 aliphatic rings. The number of amides is 2. The lowest BCUT2D eigenvalue weighted by molar-refractivity contribution is -0.136. The van der Waals surface area contributed by atoms with Crippen LogP contribution in [-0.2, 0) is 17.9 Å². The Bertz CT molecular complexity index is 1420. The quantitative estimate of drug-likeness (QED) is 0.214. The van der Waals surface area contributed by atoms with Crippen molar-refractivity contribution in [1.29, 1.82) is 0 Å². The summed E-state index contributed by atoms with van der Waals surface area (Å²) in [5, 5.41) is 2.14. The molecule has 1 aliphatic carbocycles. The van der Waals surface area contributed by atoms with Gasteiger partial charge in [0.05, 0.1) is 6.54 Å². The summed E-state index contributed by atoms with van der Waals surface area (Å²) in [6, 6.07) is 28.7. The van der Waals surface area contributed by atoms with Crippen molar-refractivity contribution in [2.75, 3.05) is 6.54 Å². The molecule has 5 heteroatoms. The molecule has 5 rings (SSSR count). The molecule has 208 valence electrons. The number of carbonyl (C=O) groups is 2. The van der Waals surface area contributed by atoms with Crippen LogP contribution in [0.2, 0.25) is 0 Å². The van der Waals surface area contributed by atoms with Gasteiger partial charge in [0.25, 0.3) is 5.91 Å². The van der Waals surface area contributed by atoms with Crippen molar-refractivity contribution in [3.63, 3.8) is 0 Å². The van der Waals surface area contributed by atoms with Crippen molar-refractivity contribution < 1.29 is 9.59 Å². The second kappa shape index (κ2) is 13.0. The van der Waals surface area contributed by atoms with E-state index in [0.717, 1.165) is 55.1 Å². The topological polar surface area (TPSA) is 45.6 Å². The summed E-state index contributed by atoms with van der Waals surface area (Å²) >= 11 is 0. The summed E-state index contributed by atoms with van der Waals surface area (Å²) in [5.41, 5.74) is 2.99. The maximum absolute atomic E-state index is 14.1. The van der Waals surface area contributed by atoms with Crippen molar-refractivity contribution in [3.8, 4) is 0 Å². The second-order valence-electron chi connectivity index (χ2n) is 11.2. The highest BCUT2D eigenvalue weighted by Crippen LogP contribution is 2.26. The molecular weight excluding hydrogens is 494 g/mol. The number of aromatic nitrogens is 1. The molecule has 0 saturated heterocycles. The third kappa shape index (κ3) is 6.47. The Kier molecular flexibility index (Phi) is 9.00. The zero-order valence-electron chi connectivity index (χ0n) is 23.8. The molecule has 5 nitrogen and oxygen atoms in total. The van der Waals surface area contributed by atoms with Crippen LogP contribution in [0.5, 0.6) is 0 Å². The summed E-state index contributed by atoms with van der Waals surface area (Å²) in [4.78, 5) is 31.8. The average Bonchev–Trinajstić information content (AvgIpc) is 3.44. The van der Waals surface area contributed by atoms with Crippen molar-refractivity contribution in [2.24, 2.45) is 0 Å². The van der Waals surface area contributed by atoms with E-state index in [4.69, 9.17) is 0 Å². The first-order valence-electron chi connectivity index (χ1n) is 14.8. The molecule has 1 heterocycles. The maximum atomic E-state index is 14.1. The molecule has 1 fully saturated rings. The fourth-order valence-corrected chi connectivity index (χ4v) is 5.89. The number of hydrogen-bond donors (Lipinski definition) is 0. The predicted molar refractivity (Wildman–Crippen MR) is 162 cm³/mol. The molecule has 1 aromatic heterocycles. The minimum atomic E-state index is -0.0792. The van der Waals surface area contributed by atoms with Crippen molar-refractivity contribution in [1.82, 2.24) is 14.4 Å². The van der Waals surface area contributed by atoms with Gasteiger partial charge in [-0.3, -0.25) is 9.59 Å². The fourth-order valence-electron chi connectivity index (χ4n) is 5.89. The number of fused-ring (bicyclic) bond motifs is 1. The Morgan fingerprint density at radius 3 is 2.35 bits per heavy atom. The smallest absolute Gasteiger partial charge is 0.254 e. The average molecular weight is 536 g/mol. The molecule has 4 aromatic rings. The number of nitrogens with zero attached hydrogens (tertiary/aromatic N) is 3. The molecular formula is C35H41N3O2. The molecule has 0 aliphatic heterocycles. The van der Waals surface area contributed by atoms with Gasteiger partial charge in [-0.25, -0.2) is 0 Å². The van der Waals surface area contributed by atoms with E-state index in [-0.39, 0.29) is 30.4 Å². The van der Waals surface area contributed by atoms with Crippen LogP contribution < -0.4 is 0 Å². The monoisotopic (exact) mass is 535 g/mol. The van der Waals surface area contributed by atoms with E-state index in [9.17, 15) is 9.59 Å². The van der Waals surface area contributed by atoms with Gasteiger partial charge in [0.15, 0.2) is 0 Å². The van der Waals surface area contributed by atoms with E-state index in [2.05, 4.69) is 65.1 Å². The normalized spacial score (nSPS) is 14.7. The third-order valence-electron chi connectivity index (χ3n) is 8.47. The van der Waals surface area contributed by atoms with E-state index in [0.29, 0.717) is 12.1 Å². The van der Waals surface area contributed by atoms with Gasteiger partial charge in [-0.1, -0.05) is 86.8 Å². The Balaban J connectivity index is 1.39. The van der Waals surface area contributed by atoms with Gasteiger partial charge in [-0.2, -0.15) is 0 Å². The van der Waals surface area contributed by atoms with Gasteiger partial charge in [0.2, 0.25) is 5.91 Å². The number of hydrogen-bond acceptors (Lipinski definition) is 2. The molecule has 0 N–H and O–H groups in total. The summed E-state index contributed by atoms with van der Waals surface area (Å²) in [6.45, 7) is 5.54. The molecule has 1 atom stereocenters. The van der Waals surface area contributed by atoms with Gasteiger partial charge < -0.3 is 14.4 Å². The molecule has 0 bridgehead atoms. The van der Waals surface area contributed by atoms with E-state index in [1.807, 2.05) is 49.4 Å². The van der Waals surface area contributed by atoms with Gasteiger partial charge in [-0.05, 0) is 66.8 Å². The van der Waals surface area contributed by atoms with Gasteiger partial charge in [0, 0.05) is 36.1 Å². The first kappa shape index (κ1) is 27.7. The second-order valence-corrected chi connectivity index (χ2v) is 11.2. The Morgan fingerprint density at radius 1 is 0.875 bits per heavy atom. The lowest BCUT2D eigenvalue weighted by Crippen LogP contribution is -2.49. The molecule has 40 heavy (non-hydrogen) atoms. The van der Waals surface area contributed by atoms with Crippen molar-refractivity contribution in [2.45, 2.75) is 77.5 Å². The molecule has 1 saturated carbocycles. The largest absolute Gasteiger partial charge is 0.345 e. The highest BCUT2D eigenvalue weighted by molar-refractivity contribution is 6.00. The van der Waals surface area contributed by atoms with Crippen molar-refractivity contribution >= 4 is 22.6 Å². The van der Waals surface area contributed by atoms with E-state index < -0.39 is 0 Å². The SMILES string of the molecule is CCC(C)N(CC(=O)N(Cc1cccn1Cc1ccccc1)C1CCCCC1)C(=O)c1ccc2ccccc2c1. The standard InChI is InChI=1S/C35H41N3O2/c1-3-27(2)37(35(40)31-21-20-29-15-10-11-16-30(29)23-31)26-34(39)38(32-17-8-5-9-18-32)25-33-19-12-22-36(33)24-28-13-6-4-7-14-28/h4,6-7,10-16,19-23,27,32H,3,5,8-9,17-18,24-26H2,1-2H3. The Hall–Kier alpha value is -3.86. The molecule has 0 radical (unpaired) electrons. The van der Waals surface area contributed by atoms with Crippen LogP contribution in [-0.4, -0.2) is 44.8 Å². The zero-order chi connectivity index (χ0) is 27.9. The number of rotatable bonds is 10. The van der Waals surface area contributed by atoms with Gasteiger partial charge >= 0.3 is 0 Å². The summed E-state index contributed by atoms with van der Waals surface area (Å²) in [7, 11) is 0. The van der Waals surface area contributed by atoms with E-state index in [1.54, 1.807) is 4.90 Å². The minimum Gasteiger partial charge on any atom is -0.345 e. The van der Waals surface area contributed by atoms with Crippen LogP contribution in [0.25, 0.3) is 10.8 Å². The summed E-state index contributed by atoms with van der Waals surface area (Å²) in [5.74, 6) is -0.0432. The molecule has 0 spiro atoms. The van der Waals surface area contributed by atoms with Crippen molar-refractivity contribution in [3.05, 3.63) is 108 Å². The Labute approximate surface area is 238 Å². The first-order chi connectivity index (χ1) is 19.5. The van der Waals surface area contributed by atoms with Crippen LogP contribution in [0.1, 0.15) is 74.0 Å². The lowest BCUT2D eigenvalue weighted by Gasteiger charge is -2.37. The molecule has 2 amide bonds. The van der Waals surface area contributed by atoms with Gasteiger partial charge in [0.1, 0.15) is 6.54 Å². The van der Waals surface area contributed by atoms with Crippen LogP contribution in [0, 0.1) is 0 Å². The van der Waals surface area contributed by atoms with Crippen LogP contribution in [0.4, 0.5) is 0 Å². The summed E-state index contributed by atoms with van der Waals surface area (Å²) < 4.78 is 2.24. The first-order valence-corrected chi connectivity index (χ1v) is 14.8. The zero-order valence-corrected chi connectivity index (χ0v) is 23.8. The predicted octanol–water partition coefficient (Wildman–Crippen LogP) is 7.29. The van der Waals surface area contributed by atoms with Crippen LogP contribution in [0.3, 0.4) is 0 Å². The Morgan fingerprint density at radius 2 is 1.60 bits per heavy atom. The minimum absolute atomic E-state index is 0.0359. The van der Waals surface area contributed by atoms with E-state index >= 15 is 0 Å². The molecule has 1 unspecified atom stereocenters. The lowest BCUT2D eigenvalue weighted by atomic mass is 9.94.